The highest BCUT2D eigenvalue weighted by Crippen LogP contribution is 2.23. The fourth-order valence-corrected chi connectivity index (χ4v) is 2.46. The average Bonchev–Trinajstić information content (AvgIpc) is 2.43. The molecule has 2 N–H and O–H groups in total. The van der Waals surface area contributed by atoms with Crippen molar-refractivity contribution in [3.63, 3.8) is 0 Å². The number of aryl methyl sites for hydroxylation is 2. The van der Waals surface area contributed by atoms with Crippen LogP contribution in [-0.2, 0) is 12.8 Å². The molecule has 0 aliphatic rings. The van der Waals surface area contributed by atoms with E-state index in [-0.39, 0.29) is 0 Å². The Labute approximate surface area is 126 Å². The van der Waals surface area contributed by atoms with Gasteiger partial charge < -0.3 is 10.2 Å². The van der Waals surface area contributed by atoms with Crippen LogP contribution in [-0.4, -0.2) is 16.2 Å². The van der Waals surface area contributed by atoms with Gasteiger partial charge in [0.1, 0.15) is 5.75 Å². The van der Waals surface area contributed by atoms with E-state index in [9.17, 15) is 9.90 Å². The minimum absolute atomic E-state index is 0.304. The molecule has 4 heteroatoms. The second kappa shape index (κ2) is 6.57. The van der Waals surface area contributed by atoms with Crippen LogP contribution in [0.4, 0.5) is 0 Å². The van der Waals surface area contributed by atoms with E-state index in [4.69, 9.17) is 5.11 Å². The fraction of sp³-hybridized carbons (Fsp3) is 0.188. The molecule has 2 rings (SSSR count). The lowest BCUT2D eigenvalue weighted by Crippen LogP contribution is -1.96. The van der Waals surface area contributed by atoms with E-state index in [1.165, 1.54) is 0 Å². The molecule has 2 aromatic rings. The normalized spacial score (nSPS) is 10.4. The predicted octanol–water partition coefficient (Wildman–Crippen LogP) is 4.03. The van der Waals surface area contributed by atoms with Crippen LogP contribution in [0.5, 0.6) is 5.75 Å². The SMILES string of the molecule is O=C(O)c1ccc(CCCc2cc(Br)ccc2O)cc1. The maximum atomic E-state index is 10.7. The van der Waals surface area contributed by atoms with Crippen molar-refractivity contribution in [1.29, 1.82) is 0 Å². The topological polar surface area (TPSA) is 57.5 Å². The minimum Gasteiger partial charge on any atom is -0.508 e. The zero-order valence-corrected chi connectivity index (χ0v) is 12.4. The first kappa shape index (κ1) is 14.6. The Hall–Kier alpha value is -1.81. The van der Waals surface area contributed by atoms with Gasteiger partial charge in [-0.1, -0.05) is 28.1 Å². The first-order chi connectivity index (χ1) is 9.56. The van der Waals surface area contributed by atoms with Crippen LogP contribution in [0.2, 0.25) is 0 Å². The first-order valence-electron chi connectivity index (χ1n) is 6.36. The van der Waals surface area contributed by atoms with Crippen molar-refractivity contribution in [1.82, 2.24) is 0 Å². The van der Waals surface area contributed by atoms with Crippen LogP contribution in [0.15, 0.2) is 46.9 Å². The molecule has 0 fully saturated rings. The molecule has 0 amide bonds. The number of phenolic OH excluding ortho intramolecular Hbond substituents is 1. The lowest BCUT2D eigenvalue weighted by molar-refractivity contribution is 0.0697. The smallest absolute Gasteiger partial charge is 0.335 e. The van der Waals surface area contributed by atoms with Gasteiger partial charge in [0.15, 0.2) is 0 Å². The molecule has 0 saturated heterocycles. The molecule has 0 atom stereocenters. The van der Waals surface area contributed by atoms with E-state index in [0.717, 1.165) is 34.9 Å². The van der Waals surface area contributed by atoms with Crippen molar-refractivity contribution >= 4 is 21.9 Å². The molecular weight excluding hydrogens is 320 g/mol. The molecule has 2 aromatic carbocycles. The number of aromatic carboxylic acids is 1. The lowest BCUT2D eigenvalue weighted by atomic mass is 10.0. The highest BCUT2D eigenvalue weighted by Gasteiger charge is 2.04. The van der Waals surface area contributed by atoms with E-state index in [1.807, 2.05) is 24.3 Å². The first-order valence-corrected chi connectivity index (χ1v) is 7.15. The summed E-state index contributed by atoms with van der Waals surface area (Å²) in [7, 11) is 0. The maximum absolute atomic E-state index is 10.7. The molecule has 0 spiro atoms. The summed E-state index contributed by atoms with van der Waals surface area (Å²) in [6.07, 6.45) is 2.54. The summed E-state index contributed by atoms with van der Waals surface area (Å²) in [5.74, 6) is -0.593. The fourth-order valence-electron chi connectivity index (χ4n) is 2.05. The second-order valence-electron chi connectivity index (χ2n) is 4.63. The van der Waals surface area contributed by atoms with Crippen LogP contribution in [0.1, 0.15) is 27.9 Å². The van der Waals surface area contributed by atoms with Crippen molar-refractivity contribution in [2.45, 2.75) is 19.3 Å². The monoisotopic (exact) mass is 334 g/mol. The Bertz CT molecular complexity index is 606. The summed E-state index contributed by atoms with van der Waals surface area (Å²) in [5, 5.41) is 18.6. The summed E-state index contributed by atoms with van der Waals surface area (Å²) >= 11 is 3.39. The lowest BCUT2D eigenvalue weighted by Gasteiger charge is -2.06. The van der Waals surface area contributed by atoms with E-state index >= 15 is 0 Å². The molecule has 0 aliphatic carbocycles. The van der Waals surface area contributed by atoms with Crippen molar-refractivity contribution in [2.24, 2.45) is 0 Å². The molecule has 0 saturated carbocycles. The number of hydrogen-bond donors (Lipinski definition) is 2. The number of benzene rings is 2. The standard InChI is InChI=1S/C16H15BrO3/c17-14-8-9-15(18)13(10-14)3-1-2-11-4-6-12(7-5-11)16(19)20/h4-10,18H,1-3H2,(H,19,20). The highest BCUT2D eigenvalue weighted by atomic mass is 79.9. The molecule has 0 unspecified atom stereocenters. The van der Waals surface area contributed by atoms with E-state index < -0.39 is 5.97 Å². The third-order valence-electron chi connectivity index (χ3n) is 3.15. The quantitative estimate of drug-likeness (QED) is 0.867. The van der Waals surface area contributed by atoms with Crippen LogP contribution < -0.4 is 0 Å². The molecule has 0 aliphatic heterocycles. The number of halogens is 1. The van der Waals surface area contributed by atoms with Crippen LogP contribution >= 0.6 is 15.9 Å². The molecular formula is C16H15BrO3. The van der Waals surface area contributed by atoms with Gasteiger partial charge in [0, 0.05) is 4.47 Å². The van der Waals surface area contributed by atoms with Gasteiger partial charge in [0.25, 0.3) is 0 Å². The average molecular weight is 335 g/mol. The zero-order valence-electron chi connectivity index (χ0n) is 10.8. The zero-order chi connectivity index (χ0) is 14.5. The third kappa shape index (κ3) is 3.84. The summed E-state index contributed by atoms with van der Waals surface area (Å²) in [4.78, 5) is 10.7. The largest absolute Gasteiger partial charge is 0.508 e. The number of hydrogen-bond acceptors (Lipinski definition) is 2. The Balaban J connectivity index is 1.92. The molecule has 0 aromatic heterocycles. The Morgan fingerprint density at radius 1 is 1.05 bits per heavy atom. The van der Waals surface area contributed by atoms with Crippen molar-refractivity contribution in [3.05, 3.63) is 63.6 Å². The van der Waals surface area contributed by atoms with Gasteiger partial charge in [-0.3, -0.25) is 0 Å². The van der Waals surface area contributed by atoms with Gasteiger partial charge in [-0.2, -0.15) is 0 Å². The van der Waals surface area contributed by atoms with Gasteiger partial charge in [-0.05, 0) is 60.7 Å². The minimum atomic E-state index is -0.907. The maximum Gasteiger partial charge on any atom is 0.335 e. The van der Waals surface area contributed by atoms with Crippen molar-refractivity contribution in [3.8, 4) is 5.75 Å². The number of carboxylic acids is 1. The molecule has 0 radical (unpaired) electrons. The van der Waals surface area contributed by atoms with Crippen LogP contribution in [0.25, 0.3) is 0 Å². The Morgan fingerprint density at radius 3 is 2.40 bits per heavy atom. The number of aromatic hydroxyl groups is 1. The molecule has 0 bridgehead atoms. The molecule has 0 heterocycles. The van der Waals surface area contributed by atoms with E-state index in [1.54, 1.807) is 18.2 Å². The Kier molecular flexibility index (Phi) is 4.79. The van der Waals surface area contributed by atoms with Crippen LogP contribution in [0.3, 0.4) is 0 Å². The van der Waals surface area contributed by atoms with Gasteiger partial charge in [-0.25, -0.2) is 4.79 Å². The number of phenols is 1. The predicted molar refractivity (Wildman–Crippen MR) is 81.2 cm³/mol. The summed E-state index contributed by atoms with van der Waals surface area (Å²) in [6, 6.07) is 12.3. The Morgan fingerprint density at radius 2 is 1.75 bits per heavy atom. The third-order valence-corrected chi connectivity index (χ3v) is 3.65. The number of carboxylic acid groups (broad SMARTS) is 1. The second-order valence-corrected chi connectivity index (χ2v) is 5.54. The van der Waals surface area contributed by atoms with Crippen molar-refractivity contribution in [2.75, 3.05) is 0 Å². The van der Waals surface area contributed by atoms with Gasteiger partial charge in [0.2, 0.25) is 0 Å². The van der Waals surface area contributed by atoms with E-state index in [0.29, 0.717) is 11.3 Å². The van der Waals surface area contributed by atoms with Crippen molar-refractivity contribution < 1.29 is 15.0 Å². The number of carbonyl (C=O) groups is 1. The highest BCUT2D eigenvalue weighted by molar-refractivity contribution is 9.10. The molecule has 104 valence electrons. The van der Waals surface area contributed by atoms with Gasteiger partial charge in [0.05, 0.1) is 5.56 Å². The summed E-state index contributed by atoms with van der Waals surface area (Å²) in [6.45, 7) is 0. The van der Waals surface area contributed by atoms with Crippen LogP contribution in [0, 0.1) is 0 Å². The molecule has 20 heavy (non-hydrogen) atoms. The summed E-state index contributed by atoms with van der Waals surface area (Å²) < 4.78 is 0.955. The number of rotatable bonds is 5. The van der Waals surface area contributed by atoms with Gasteiger partial charge in [-0.15, -0.1) is 0 Å². The summed E-state index contributed by atoms with van der Waals surface area (Å²) in [5.41, 5.74) is 2.32. The van der Waals surface area contributed by atoms with Gasteiger partial charge >= 0.3 is 5.97 Å². The molecule has 3 nitrogen and oxygen atoms in total. The van der Waals surface area contributed by atoms with E-state index in [2.05, 4.69) is 15.9 Å².